The zero-order valence-electron chi connectivity index (χ0n) is 10.2. The number of nitrogens with one attached hydrogen (secondary N) is 1. The molecule has 5 heteroatoms. The van der Waals surface area contributed by atoms with Crippen molar-refractivity contribution < 1.29 is 9.90 Å². The van der Waals surface area contributed by atoms with Gasteiger partial charge in [-0.05, 0) is 19.1 Å². The van der Waals surface area contributed by atoms with Crippen LogP contribution in [-0.2, 0) is 0 Å². The van der Waals surface area contributed by atoms with Gasteiger partial charge in [0, 0.05) is 22.2 Å². The van der Waals surface area contributed by atoms with E-state index in [4.69, 9.17) is 5.11 Å². The maximum atomic E-state index is 11.0. The van der Waals surface area contributed by atoms with Crippen molar-refractivity contribution in [1.82, 2.24) is 15.0 Å². The van der Waals surface area contributed by atoms with Crippen molar-refractivity contribution in [2.45, 2.75) is 6.92 Å². The molecule has 0 bridgehead atoms. The zero-order valence-corrected chi connectivity index (χ0v) is 10.2. The Balaban J connectivity index is 2.27. The number of rotatable bonds is 2. The molecule has 0 saturated carbocycles. The molecule has 2 heterocycles. The van der Waals surface area contributed by atoms with E-state index in [9.17, 15) is 4.79 Å². The van der Waals surface area contributed by atoms with Crippen LogP contribution in [0.5, 0.6) is 0 Å². The number of aromatic carboxylic acids is 1. The minimum absolute atomic E-state index is 0.00492. The summed E-state index contributed by atoms with van der Waals surface area (Å²) in [5, 5.41) is 10.0. The average Bonchev–Trinajstić information content (AvgIpc) is 2.74. The van der Waals surface area contributed by atoms with Crippen molar-refractivity contribution in [3.8, 4) is 11.3 Å². The Morgan fingerprint density at radius 3 is 2.84 bits per heavy atom. The van der Waals surface area contributed by atoms with E-state index in [1.165, 1.54) is 12.4 Å². The molecule has 0 radical (unpaired) electrons. The first-order valence-electron chi connectivity index (χ1n) is 5.80. The van der Waals surface area contributed by atoms with E-state index in [1.54, 1.807) is 0 Å². The smallest absolute Gasteiger partial charge is 0.354 e. The van der Waals surface area contributed by atoms with Crippen molar-refractivity contribution in [2.75, 3.05) is 0 Å². The SMILES string of the molecule is Cc1[nH]c2ccccc2c1-c1cc(C(=O)O)ncn1. The van der Waals surface area contributed by atoms with Crippen LogP contribution >= 0.6 is 0 Å². The van der Waals surface area contributed by atoms with Crippen molar-refractivity contribution >= 4 is 16.9 Å². The van der Waals surface area contributed by atoms with Gasteiger partial charge < -0.3 is 10.1 Å². The highest BCUT2D eigenvalue weighted by Gasteiger charge is 2.13. The van der Waals surface area contributed by atoms with Crippen molar-refractivity contribution in [1.29, 1.82) is 0 Å². The second kappa shape index (κ2) is 4.20. The Kier molecular flexibility index (Phi) is 2.52. The minimum Gasteiger partial charge on any atom is -0.477 e. The highest BCUT2D eigenvalue weighted by molar-refractivity contribution is 5.97. The van der Waals surface area contributed by atoms with Crippen LogP contribution in [0.15, 0.2) is 36.7 Å². The molecule has 94 valence electrons. The Morgan fingerprint density at radius 2 is 2.05 bits per heavy atom. The lowest BCUT2D eigenvalue weighted by atomic mass is 10.1. The van der Waals surface area contributed by atoms with Crippen LogP contribution in [0.3, 0.4) is 0 Å². The number of hydrogen-bond acceptors (Lipinski definition) is 3. The van der Waals surface area contributed by atoms with Crippen LogP contribution in [0.2, 0.25) is 0 Å². The molecule has 2 aromatic heterocycles. The predicted octanol–water partition coefficient (Wildman–Crippen LogP) is 2.63. The van der Waals surface area contributed by atoms with Crippen LogP contribution in [-0.4, -0.2) is 26.0 Å². The lowest BCUT2D eigenvalue weighted by Gasteiger charge is -2.01. The molecule has 0 amide bonds. The molecule has 3 rings (SSSR count). The molecule has 0 unspecified atom stereocenters. The van der Waals surface area contributed by atoms with Gasteiger partial charge in [-0.3, -0.25) is 0 Å². The van der Waals surface area contributed by atoms with E-state index in [-0.39, 0.29) is 5.69 Å². The Labute approximate surface area is 109 Å². The molecule has 0 fully saturated rings. The highest BCUT2D eigenvalue weighted by atomic mass is 16.4. The van der Waals surface area contributed by atoms with E-state index in [2.05, 4.69) is 15.0 Å². The van der Waals surface area contributed by atoms with Crippen molar-refractivity contribution in [2.24, 2.45) is 0 Å². The maximum Gasteiger partial charge on any atom is 0.354 e. The molecule has 0 spiro atoms. The number of carboxylic acids is 1. The van der Waals surface area contributed by atoms with Crippen LogP contribution in [0.1, 0.15) is 16.2 Å². The maximum absolute atomic E-state index is 11.0. The number of fused-ring (bicyclic) bond motifs is 1. The number of hydrogen-bond donors (Lipinski definition) is 2. The van der Waals surface area contributed by atoms with Gasteiger partial charge in [0.25, 0.3) is 0 Å². The van der Waals surface area contributed by atoms with Gasteiger partial charge in [-0.2, -0.15) is 0 Å². The number of carboxylic acid groups (broad SMARTS) is 1. The monoisotopic (exact) mass is 253 g/mol. The van der Waals surface area contributed by atoms with Gasteiger partial charge in [-0.1, -0.05) is 18.2 Å². The topological polar surface area (TPSA) is 78.9 Å². The quantitative estimate of drug-likeness (QED) is 0.735. The van der Waals surface area contributed by atoms with Crippen molar-refractivity contribution in [3.05, 3.63) is 48.0 Å². The largest absolute Gasteiger partial charge is 0.477 e. The van der Waals surface area contributed by atoms with Gasteiger partial charge in [0.05, 0.1) is 5.69 Å². The fourth-order valence-corrected chi connectivity index (χ4v) is 2.22. The summed E-state index contributed by atoms with van der Waals surface area (Å²) in [5.74, 6) is -1.05. The molecule has 0 aliphatic carbocycles. The third kappa shape index (κ3) is 1.85. The molecule has 1 aromatic carbocycles. The fourth-order valence-electron chi connectivity index (χ4n) is 2.22. The summed E-state index contributed by atoms with van der Waals surface area (Å²) in [5.41, 5.74) is 3.49. The third-order valence-corrected chi connectivity index (χ3v) is 3.04. The molecule has 19 heavy (non-hydrogen) atoms. The third-order valence-electron chi connectivity index (χ3n) is 3.04. The van der Waals surface area contributed by atoms with Crippen LogP contribution in [0, 0.1) is 6.92 Å². The molecular formula is C14H11N3O2. The summed E-state index contributed by atoms with van der Waals surface area (Å²) in [6, 6.07) is 9.34. The summed E-state index contributed by atoms with van der Waals surface area (Å²) in [6.07, 6.45) is 1.28. The average molecular weight is 253 g/mol. The summed E-state index contributed by atoms with van der Waals surface area (Å²) < 4.78 is 0. The van der Waals surface area contributed by atoms with Crippen LogP contribution < -0.4 is 0 Å². The first-order chi connectivity index (χ1) is 9.16. The van der Waals surface area contributed by atoms with Gasteiger partial charge >= 0.3 is 5.97 Å². The predicted molar refractivity (Wildman–Crippen MR) is 71.0 cm³/mol. The number of aromatic nitrogens is 3. The Morgan fingerprint density at radius 1 is 1.26 bits per heavy atom. The van der Waals surface area contributed by atoms with E-state index < -0.39 is 5.97 Å². The number of aromatic amines is 1. The van der Waals surface area contributed by atoms with Crippen molar-refractivity contribution in [3.63, 3.8) is 0 Å². The lowest BCUT2D eigenvalue weighted by Crippen LogP contribution is -2.01. The summed E-state index contributed by atoms with van der Waals surface area (Å²) >= 11 is 0. The molecule has 2 N–H and O–H groups in total. The lowest BCUT2D eigenvalue weighted by molar-refractivity contribution is 0.0690. The first kappa shape index (κ1) is 11.4. The van der Waals surface area contributed by atoms with E-state index >= 15 is 0 Å². The van der Waals surface area contributed by atoms with Crippen LogP contribution in [0.4, 0.5) is 0 Å². The molecule has 3 aromatic rings. The van der Waals surface area contributed by atoms with Crippen LogP contribution in [0.25, 0.3) is 22.2 Å². The summed E-state index contributed by atoms with van der Waals surface area (Å²) in [4.78, 5) is 22.2. The minimum atomic E-state index is -1.05. The van der Waals surface area contributed by atoms with E-state index in [0.717, 1.165) is 22.2 Å². The molecule has 0 atom stereocenters. The molecular weight excluding hydrogens is 242 g/mol. The highest BCUT2D eigenvalue weighted by Crippen LogP contribution is 2.30. The molecule has 0 saturated heterocycles. The number of para-hydroxylation sites is 1. The number of nitrogens with zero attached hydrogens (tertiary/aromatic N) is 2. The Hall–Kier alpha value is -2.69. The Bertz CT molecular complexity index is 777. The first-order valence-corrected chi connectivity index (χ1v) is 5.80. The second-order valence-corrected chi connectivity index (χ2v) is 4.26. The zero-order chi connectivity index (χ0) is 13.4. The fraction of sp³-hybridized carbons (Fsp3) is 0.0714. The van der Waals surface area contributed by atoms with Gasteiger partial charge in [-0.15, -0.1) is 0 Å². The normalized spacial score (nSPS) is 10.8. The summed E-state index contributed by atoms with van der Waals surface area (Å²) in [7, 11) is 0. The second-order valence-electron chi connectivity index (χ2n) is 4.26. The molecule has 0 aliphatic rings. The van der Waals surface area contributed by atoms with Gasteiger partial charge in [0.15, 0.2) is 5.69 Å². The van der Waals surface area contributed by atoms with Gasteiger partial charge in [0.2, 0.25) is 0 Å². The standard InChI is InChI=1S/C14H11N3O2/c1-8-13(9-4-2-3-5-10(9)17-8)11-6-12(14(18)19)16-7-15-11/h2-7,17H,1H3,(H,18,19). The number of carbonyl (C=O) groups is 1. The van der Waals surface area contributed by atoms with E-state index in [1.807, 2.05) is 31.2 Å². The summed E-state index contributed by atoms with van der Waals surface area (Å²) in [6.45, 7) is 1.94. The molecule has 5 nitrogen and oxygen atoms in total. The number of H-pyrrole nitrogens is 1. The molecule has 0 aliphatic heterocycles. The number of aryl methyl sites for hydroxylation is 1. The number of benzene rings is 1. The van der Waals surface area contributed by atoms with E-state index in [0.29, 0.717) is 5.69 Å². The van der Waals surface area contributed by atoms with Gasteiger partial charge in [-0.25, -0.2) is 14.8 Å². The van der Waals surface area contributed by atoms with Gasteiger partial charge in [0.1, 0.15) is 6.33 Å².